The number of imide groups is 1. The van der Waals surface area contributed by atoms with Crippen LogP contribution in [0.4, 0.5) is 9.59 Å². The molecule has 0 saturated carbocycles. The van der Waals surface area contributed by atoms with Crippen LogP contribution in [0.3, 0.4) is 0 Å². The van der Waals surface area contributed by atoms with Gasteiger partial charge >= 0.3 is 12.1 Å². The van der Waals surface area contributed by atoms with Gasteiger partial charge in [-0.2, -0.15) is 0 Å². The molecule has 24 heavy (non-hydrogen) atoms. The monoisotopic (exact) mass is 333 g/mol. The molecule has 2 rings (SSSR count). The third-order valence-corrected chi connectivity index (χ3v) is 3.70. The number of nitrogens with one attached hydrogen (secondary N) is 1. The molecule has 1 N–H and O–H groups in total. The highest BCUT2D eigenvalue weighted by atomic mass is 16.7. The van der Waals surface area contributed by atoms with Gasteiger partial charge < -0.3 is 10.2 Å². The Bertz CT molecular complexity index is 576. The smallest absolute Gasteiger partial charge is 0.320 e. The van der Waals surface area contributed by atoms with Gasteiger partial charge in [0.2, 0.25) is 0 Å². The molecule has 0 radical (unpaired) electrons. The van der Waals surface area contributed by atoms with Gasteiger partial charge in [-0.3, -0.25) is 9.69 Å². The molecule has 0 atom stereocenters. The fourth-order valence-electron chi connectivity index (χ4n) is 2.38. The largest absolute Gasteiger partial charge is 0.431 e. The Morgan fingerprint density at radius 3 is 2.62 bits per heavy atom. The van der Waals surface area contributed by atoms with Gasteiger partial charge in [0.25, 0.3) is 5.91 Å². The molecule has 7 nitrogen and oxygen atoms in total. The highest BCUT2D eigenvalue weighted by Crippen LogP contribution is 2.15. The van der Waals surface area contributed by atoms with E-state index in [1.807, 2.05) is 30.3 Å². The molecule has 1 aliphatic heterocycles. The lowest BCUT2D eigenvalue weighted by molar-refractivity contribution is -0.127. The fraction of sp³-hybridized carbons (Fsp3) is 0.471. The minimum absolute atomic E-state index is 0.164. The second-order valence-corrected chi connectivity index (χ2v) is 5.65. The first-order valence-corrected chi connectivity index (χ1v) is 8.23. The van der Waals surface area contributed by atoms with E-state index in [0.29, 0.717) is 6.54 Å². The van der Waals surface area contributed by atoms with Crippen molar-refractivity contribution in [3.05, 3.63) is 35.9 Å². The fourth-order valence-corrected chi connectivity index (χ4v) is 2.38. The van der Waals surface area contributed by atoms with Crippen molar-refractivity contribution in [1.82, 2.24) is 15.3 Å². The number of unbranched alkanes of at least 4 members (excludes halogenated alkanes) is 3. The van der Waals surface area contributed by atoms with E-state index < -0.39 is 12.1 Å². The predicted molar refractivity (Wildman–Crippen MR) is 87.7 cm³/mol. The minimum atomic E-state index is -0.714. The molecule has 0 unspecified atom stereocenters. The summed E-state index contributed by atoms with van der Waals surface area (Å²) in [6, 6.07) is 8.56. The van der Waals surface area contributed by atoms with E-state index in [1.165, 1.54) is 0 Å². The van der Waals surface area contributed by atoms with E-state index in [4.69, 9.17) is 4.84 Å². The van der Waals surface area contributed by atoms with Crippen molar-refractivity contribution >= 4 is 18.0 Å². The number of benzene rings is 1. The van der Waals surface area contributed by atoms with Crippen LogP contribution in [0.5, 0.6) is 0 Å². The Balaban J connectivity index is 1.79. The molecule has 0 aliphatic carbocycles. The van der Waals surface area contributed by atoms with Crippen molar-refractivity contribution in [3.8, 4) is 0 Å². The van der Waals surface area contributed by atoms with Gasteiger partial charge in [0.15, 0.2) is 0 Å². The average molecular weight is 333 g/mol. The third kappa shape index (κ3) is 4.97. The van der Waals surface area contributed by atoms with E-state index in [2.05, 4.69) is 12.2 Å². The summed E-state index contributed by atoms with van der Waals surface area (Å²) in [5.74, 6) is -0.389. The summed E-state index contributed by atoms with van der Waals surface area (Å²) in [4.78, 5) is 41.9. The number of carbonyl (C=O) groups excluding carboxylic acids is 3. The number of hydroxylamine groups is 2. The second kappa shape index (κ2) is 8.90. The lowest BCUT2D eigenvalue weighted by atomic mass is 10.2. The zero-order valence-corrected chi connectivity index (χ0v) is 13.9. The van der Waals surface area contributed by atoms with Gasteiger partial charge in [0.1, 0.15) is 6.54 Å². The van der Waals surface area contributed by atoms with Crippen LogP contribution in [0, 0.1) is 0 Å². The molecule has 7 heteroatoms. The van der Waals surface area contributed by atoms with Crippen LogP contribution in [0.2, 0.25) is 0 Å². The van der Waals surface area contributed by atoms with Gasteiger partial charge in [0.05, 0.1) is 6.54 Å². The number of nitrogens with zero attached hydrogens (tertiary/aromatic N) is 2. The van der Waals surface area contributed by atoms with Gasteiger partial charge in [-0.05, 0) is 12.0 Å². The maximum Gasteiger partial charge on any atom is 0.431 e. The first-order valence-electron chi connectivity index (χ1n) is 8.23. The molecule has 1 aliphatic rings. The minimum Gasteiger partial charge on any atom is -0.320 e. The molecule has 1 fully saturated rings. The molecular formula is C17H23N3O4. The number of urea groups is 1. The van der Waals surface area contributed by atoms with Crippen molar-refractivity contribution in [3.63, 3.8) is 0 Å². The summed E-state index contributed by atoms with van der Waals surface area (Å²) in [6.45, 7) is 2.51. The third-order valence-electron chi connectivity index (χ3n) is 3.70. The number of hydrogen-bond acceptors (Lipinski definition) is 4. The Morgan fingerprint density at radius 1 is 1.17 bits per heavy atom. The summed E-state index contributed by atoms with van der Waals surface area (Å²) in [6.07, 6.45) is 3.41. The summed E-state index contributed by atoms with van der Waals surface area (Å²) in [5.41, 5.74) is 0.835. The lowest BCUT2D eigenvalue weighted by Crippen LogP contribution is -2.37. The van der Waals surface area contributed by atoms with Crippen molar-refractivity contribution in [1.29, 1.82) is 0 Å². The Hall–Kier alpha value is -2.57. The summed E-state index contributed by atoms with van der Waals surface area (Å²) < 4.78 is 0. The van der Waals surface area contributed by atoms with Crippen molar-refractivity contribution in [2.45, 2.75) is 39.2 Å². The van der Waals surface area contributed by atoms with Crippen LogP contribution < -0.4 is 5.32 Å². The summed E-state index contributed by atoms with van der Waals surface area (Å²) in [7, 11) is 0. The van der Waals surface area contributed by atoms with Crippen molar-refractivity contribution in [2.24, 2.45) is 0 Å². The molecule has 0 spiro atoms. The number of hydrogen-bond donors (Lipinski definition) is 1. The molecule has 0 bridgehead atoms. The highest BCUT2D eigenvalue weighted by molar-refractivity contribution is 6.01. The number of amides is 4. The van der Waals surface area contributed by atoms with Crippen LogP contribution in [-0.2, 0) is 16.2 Å². The van der Waals surface area contributed by atoms with Crippen LogP contribution in [0.1, 0.15) is 38.2 Å². The van der Waals surface area contributed by atoms with E-state index in [-0.39, 0.29) is 19.0 Å². The molecule has 1 aromatic rings. The van der Waals surface area contributed by atoms with Crippen molar-refractivity contribution in [2.75, 3.05) is 13.1 Å². The van der Waals surface area contributed by atoms with Gasteiger partial charge in [-0.1, -0.05) is 56.5 Å². The molecule has 0 aromatic heterocycles. The maximum absolute atomic E-state index is 12.2. The van der Waals surface area contributed by atoms with E-state index in [9.17, 15) is 14.4 Å². The first kappa shape index (κ1) is 17.8. The summed E-state index contributed by atoms with van der Waals surface area (Å²) in [5, 5.41) is 3.38. The van der Waals surface area contributed by atoms with Gasteiger partial charge in [0, 0.05) is 6.54 Å². The van der Waals surface area contributed by atoms with E-state index in [1.54, 1.807) is 0 Å². The van der Waals surface area contributed by atoms with Crippen LogP contribution in [-0.4, -0.2) is 41.1 Å². The van der Waals surface area contributed by atoms with Crippen molar-refractivity contribution < 1.29 is 19.2 Å². The SMILES string of the molecule is CCCCCCNC(=O)ON1CC(=O)N(Cc2ccccc2)C1=O. The molecule has 130 valence electrons. The van der Waals surface area contributed by atoms with Gasteiger partial charge in [-0.25, -0.2) is 9.59 Å². The lowest BCUT2D eigenvalue weighted by Gasteiger charge is -2.16. The number of rotatable bonds is 8. The first-order chi connectivity index (χ1) is 11.6. The van der Waals surface area contributed by atoms with Crippen LogP contribution in [0.15, 0.2) is 30.3 Å². The zero-order valence-electron chi connectivity index (χ0n) is 13.9. The van der Waals surface area contributed by atoms with E-state index in [0.717, 1.165) is 41.2 Å². The molecule has 1 aromatic carbocycles. The van der Waals surface area contributed by atoms with Gasteiger partial charge in [-0.15, -0.1) is 5.06 Å². The molecule has 1 heterocycles. The van der Waals surface area contributed by atoms with Crippen LogP contribution in [0.25, 0.3) is 0 Å². The number of carbonyl (C=O) groups is 3. The standard InChI is InChI=1S/C17H23N3O4/c1-2-3-4-8-11-18-16(22)24-20-13-15(21)19(17(20)23)12-14-9-6-5-7-10-14/h5-7,9-10H,2-4,8,11-13H2,1H3,(H,18,22). The molecule has 4 amide bonds. The van der Waals surface area contributed by atoms with E-state index >= 15 is 0 Å². The normalized spacial score (nSPS) is 14.2. The Labute approximate surface area is 141 Å². The predicted octanol–water partition coefficient (Wildman–Crippen LogP) is 2.67. The Morgan fingerprint density at radius 2 is 1.92 bits per heavy atom. The second-order valence-electron chi connectivity index (χ2n) is 5.65. The maximum atomic E-state index is 12.2. The average Bonchev–Trinajstić information content (AvgIpc) is 2.83. The topological polar surface area (TPSA) is 79.0 Å². The summed E-state index contributed by atoms with van der Waals surface area (Å²) >= 11 is 0. The van der Waals surface area contributed by atoms with Crippen LogP contribution >= 0.6 is 0 Å². The highest BCUT2D eigenvalue weighted by Gasteiger charge is 2.38. The molecule has 1 saturated heterocycles. The Kier molecular flexibility index (Phi) is 6.60. The quantitative estimate of drug-likeness (QED) is 0.586. The zero-order chi connectivity index (χ0) is 17.4. The molecular weight excluding hydrogens is 310 g/mol.